The molecule has 0 atom stereocenters. The van der Waals surface area contributed by atoms with Crippen molar-refractivity contribution in [3.63, 3.8) is 0 Å². The van der Waals surface area contributed by atoms with Crippen molar-refractivity contribution in [2.75, 3.05) is 4.90 Å². The molecular weight excluding hydrogens is 378 g/mol. The molecule has 3 aromatic carbocycles. The third-order valence-corrected chi connectivity index (χ3v) is 4.25. The third-order valence-electron chi connectivity index (χ3n) is 4.25. The molecule has 0 aliphatic carbocycles. The normalized spacial score (nSPS) is 10.0. The number of esters is 2. The van der Waals surface area contributed by atoms with Crippen LogP contribution in [0, 0.1) is 6.92 Å². The van der Waals surface area contributed by atoms with Gasteiger partial charge in [0.1, 0.15) is 11.5 Å². The Morgan fingerprint density at radius 1 is 0.667 bits per heavy atom. The lowest BCUT2D eigenvalue weighted by Gasteiger charge is -2.26. The van der Waals surface area contributed by atoms with Crippen LogP contribution < -0.4 is 14.4 Å². The van der Waals surface area contributed by atoms with Crippen LogP contribution in [0.2, 0.25) is 0 Å². The summed E-state index contributed by atoms with van der Waals surface area (Å²) < 4.78 is 10.3. The van der Waals surface area contributed by atoms with Gasteiger partial charge in [0.15, 0.2) is 0 Å². The van der Waals surface area contributed by atoms with E-state index in [0.717, 1.165) is 34.8 Å². The fourth-order valence-electron chi connectivity index (χ4n) is 2.78. The standard InChI is InChI=1S/C25H21NO4/c1-4-24(27)29-22-14-10-20(11-15-22)26(19-8-6-18(3)7-9-19)21-12-16-23(17-13-21)30-25(28)5-2/h4-17H,1-2H2,3H3. The van der Waals surface area contributed by atoms with Crippen LogP contribution in [0.1, 0.15) is 5.56 Å². The molecule has 3 aromatic rings. The van der Waals surface area contributed by atoms with E-state index in [9.17, 15) is 9.59 Å². The second-order valence-electron chi connectivity index (χ2n) is 6.41. The van der Waals surface area contributed by atoms with Crippen molar-refractivity contribution in [1.82, 2.24) is 0 Å². The molecule has 0 heterocycles. The lowest BCUT2D eigenvalue weighted by Crippen LogP contribution is -2.10. The topological polar surface area (TPSA) is 55.8 Å². The van der Waals surface area contributed by atoms with Crippen molar-refractivity contribution in [3.8, 4) is 11.5 Å². The first-order valence-electron chi connectivity index (χ1n) is 9.25. The van der Waals surface area contributed by atoms with E-state index in [1.54, 1.807) is 24.3 Å². The Hall–Kier alpha value is -4.12. The van der Waals surface area contributed by atoms with Crippen molar-refractivity contribution in [3.05, 3.63) is 104 Å². The van der Waals surface area contributed by atoms with Crippen LogP contribution in [0.5, 0.6) is 11.5 Å². The van der Waals surface area contributed by atoms with Crippen LogP contribution in [0.25, 0.3) is 0 Å². The van der Waals surface area contributed by atoms with Crippen molar-refractivity contribution < 1.29 is 19.1 Å². The Bertz CT molecular complexity index is 986. The molecule has 0 amide bonds. The quantitative estimate of drug-likeness (QED) is 0.292. The van der Waals surface area contributed by atoms with Gasteiger partial charge in [-0.3, -0.25) is 0 Å². The maximum absolute atomic E-state index is 11.4. The Kier molecular flexibility index (Phi) is 6.45. The van der Waals surface area contributed by atoms with Gasteiger partial charge in [0.25, 0.3) is 0 Å². The predicted octanol–water partition coefficient (Wildman–Crippen LogP) is 5.65. The van der Waals surface area contributed by atoms with Gasteiger partial charge in [-0.25, -0.2) is 9.59 Å². The summed E-state index contributed by atoms with van der Waals surface area (Å²) in [6.45, 7) is 8.83. The molecule has 0 bridgehead atoms. The minimum atomic E-state index is -0.511. The summed E-state index contributed by atoms with van der Waals surface area (Å²) in [6, 6.07) is 22.4. The first-order valence-corrected chi connectivity index (χ1v) is 9.25. The lowest BCUT2D eigenvalue weighted by molar-refractivity contribution is -0.129. The number of benzene rings is 3. The van der Waals surface area contributed by atoms with Crippen molar-refractivity contribution in [2.45, 2.75) is 6.92 Å². The average Bonchev–Trinajstić information content (AvgIpc) is 2.77. The van der Waals surface area contributed by atoms with Gasteiger partial charge in [-0.05, 0) is 67.6 Å². The number of hydrogen-bond donors (Lipinski definition) is 0. The van der Waals surface area contributed by atoms with Gasteiger partial charge in [-0.1, -0.05) is 30.9 Å². The molecule has 0 aliphatic rings. The summed E-state index contributed by atoms with van der Waals surface area (Å²) in [5, 5.41) is 0. The molecule has 0 aliphatic heterocycles. The number of aryl methyl sites for hydroxylation is 1. The van der Waals surface area contributed by atoms with E-state index in [-0.39, 0.29) is 0 Å². The summed E-state index contributed by atoms with van der Waals surface area (Å²) in [7, 11) is 0. The fraction of sp³-hybridized carbons (Fsp3) is 0.0400. The van der Waals surface area contributed by atoms with Gasteiger partial charge < -0.3 is 14.4 Å². The Morgan fingerprint density at radius 3 is 1.33 bits per heavy atom. The number of nitrogens with zero attached hydrogens (tertiary/aromatic N) is 1. The van der Waals surface area contributed by atoms with E-state index in [1.807, 2.05) is 60.4 Å². The molecule has 150 valence electrons. The van der Waals surface area contributed by atoms with Gasteiger partial charge in [0, 0.05) is 29.2 Å². The molecule has 5 nitrogen and oxygen atoms in total. The van der Waals surface area contributed by atoms with E-state index in [2.05, 4.69) is 13.2 Å². The molecule has 0 radical (unpaired) electrons. The minimum Gasteiger partial charge on any atom is -0.423 e. The van der Waals surface area contributed by atoms with Crippen LogP contribution >= 0.6 is 0 Å². The molecule has 0 aromatic heterocycles. The van der Waals surface area contributed by atoms with Crippen LogP contribution in [0.4, 0.5) is 17.1 Å². The van der Waals surface area contributed by atoms with Crippen LogP contribution in [-0.4, -0.2) is 11.9 Å². The molecule has 3 rings (SSSR count). The number of ether oxygens (including phenoxy) is 2. The first kappa shape index (κ1) is 20.6. The summed E-state index contributed by atoms with van der Waals surface area (Å²) >= 11 is 0. The van der Waals surface area contributed by atoms with E-state index >= 15 is 0 Å². The second-order valence-corrected chi connectivity index (χ2v) is 6.41. The molecule has 0 unspecified atom stereocenters. The number of hydrogen-bond acceptors (Lipinski definition) is 5. The smallest absolute Gasteiger partial charge is 0.335 e. The van der Waals surface area contributed by atoms with Crippen molar-refractivity contribution in [2.24, 2.45) is 0 Å². The highest BCUT2D eigenvalue weighted by Crippen LogP contribution is 2.36. The maximum atomic E-state index is 11.4. The monoisotopic (exact) mass is 399 g/mol. The summed E-state index contributed by atoms with van der Waals surface area (Å²) in [6.07, 6.45) is 2.24. The summed E-state index contributed by atoms with van der Waals surface area (Å²) in [4.78, 5) is 24.9. The van der Waals surface area contributed by atoms with E-state index in [4.69, 9.17) is 9.47 Å². The Balaban J connectivity index is 1.96. The van der Waals surface area contributed by atoms with Gasteiger partial charge >= 0.3 is 11.9 Å². The van der Waals surface area contributed by atoms with Gasteiger partial charge in [-0.15, -0.1) is 0 Å². The SMILES string of the molecule is C=CC(=O)Oc1ccc(N(c2ccc(C)cc2)c2ccc(OC(=O)C=C)cc2)cc1. The van der Waals surface area contributed by atoms with Crippen LogP contribution in [0.15, 0.2) is 98.1 Å². The zero-order valence-electron chi connectivity index (χ0n) is 16.6. The number of carbonyl (C=O) groups excluding carboxylic acids is 2. The van der Waals surface area contributed by atoms with Gasteiger partial charge in [-0.2, -0.15) is 0 Å². The second kappa shape index (κ2) is 9.39. The highest BCUT2D eigenvalue weighted by Gasteiger charge is 2.13. The van der Waals surface area contributed by atoms with Gasteiger partial charge in [0.05, 0.1) is 0 Å². The highest BCUT2D eigenvalue weighted by molar-refractivity contribution is 5.84. The number of rotatable bonds is 7. The molecule has 5 heteroatoms. The summed E-state index contributed by atoms with van der Waals surface area (Å²) in [5.74, 6) is -0.163. The first-order chi connectivity index (χ1) is 14.5. The Labute approximate surface area is 175 Å². The Morgan fingerprint density at radius 2 is 1.00 bits per heavy atom. The van der Waals surface area contributed by atoms with Crippen molar-refractivity contribution in [1.29, 1.82) is 0 Å². The largest absolute Gasteiger partial charge is 0.423 e. The lowest BCUT2D eigenvalue weighted by atomic mass is 10.1. The fourth-order valence-corrected chi connectivity index (χ4v) is 2.78. The number of carbonyl (C=O) groups is 2. The molecule has 30 heavy (non-hydrogen) atoms. The zero-order valence-corrected chi connectivity index (χ0v) is 16.6. The van der Waals surface area contributed by atoms with Crippen LogP contribution in [0.3, 0.4) is 0 Å². The zero-order chi connectivity index (χ0) is 21.5. The van der Waals surface area contributed by atoms with Crippen molar-refractivity contribution >= 4 is 29.0 Å². The number of anilines is 3. The summed E-state index contributed by atoms with van der Waals surface area (Å²) in [5.41, 5.74) is 3.84. The molecule has 0 fully saturated rings. The molecule has 0 N–H and O–H groups in total. The highest BCUT2D eigenvalue weighted by atomic mass is 16.5. The van der Waals surface area contributed by atoms with E-state index in [0.29, 0.717) is 11.5 Å². The third kappa shape index (κ3) is 5.02. The molecule has 0 saturated heterocycles. The van der Waals surface area contributed by atoms with Gasteiger partial charge in [0.2, 0.25) is 0 Å². The molecule has 0 spiro atoms. The molecule has 0 saturated carbocycles. The average molecular weight is 399 g/mol. The van der Waals surface area contributed by atoms with E-state index < -0.39 is 11.9 Å². The maximum Gasteiger partial charge on any atom is 0.335 e. The minimum absolute atomic E-state index is 0.430. The molecular formula is C25H21NO4. The van der Waals surface area contributed by atoms with Crippen LogP contribution in [-0.2, 0) is 9.59 Å². The van der Waals surface area contributed by atoms with E-state index in [1.165, 1.54) is 0 Å². The predicted molar refractivity (Wildman–Crippen MR) is 118 cm³/mol.